The maximum absolute atomic E-state index is 12.3. The minimum absolute atomic E-state index is 0.520. The summed E-state index contributed by atoms with van der Waals surface area (Å²) in [6, 6.07) is 0. The van der Waals surface area contributed by atoms with Crippen molar-refractivity contribution >= 4 is 0 Å². The maximum Gasteiger partial charge on any atom is 0.255 e. The Morgan fingerprint density at radius 3 is 1.30 bits per heavy atom. The molecule has 0 atom stereocenters. The Morgan fingerprint density at radius 1 is 1.00 bits per heavy atom. The van der Waals surface area contributed by atoms with Gasteiger partial charge >= 0.3 is 0 Å². The minimum Gasteiger partial charge on any atom is -0.250 e. The Kier molecular flexibility index (Phi) is 2.68. The molecule has 4 heteroatoms. The van der Waals surface area contributed by atoms with Crippen LogP contribution in [0.5, 0.6) is 0 Å². The molecule has 0 aliphatic heterocycles. The molecular formula is C6H10F4. The number of rotatable bonds is 3. The summed E-state index contributed by atoms with van der Waals surface area (Å²) in [7, 11) is 0. The average molecular weight is 158 g/mol. The van der Waals surface area contributed by atoms with Gasteiger partial charge in [0.2, 0.25) is 0 Å². The minimum atomic E-state index is -3.30. The second kappa shape index (κ2) is 2.76. The van der Waals surface area contributed by atoms with Gasteiger partial charge in [-0.25, -0.2) is 8.78 Å². The molecule has 0 saturated carbocycles. The van der Waals surface area contributed by atoms with E-state index in [-0.39, 0.29) is 0 Å². The van der Waals surface area contributed by atoms with Crippen LogP contribution in [0.25, 0.3) is 0 Å². The zero-order valence-corrected chi connectivity index (χ0v) is 5.93. The zero-order valence-electron chi connectivity index (χ0n) is 5.93. The van der Waals surface area contributed by atoms with Crippen molar-refractivity contribution in [3.8, 4) is 0 Å². The fourth-order valence-corrected chi connectivity index (χ4v) is 0.270. The van der Waals surface area contributed by atoms with Crippen LogP contribution < -0.4 is 0 Å². The van der Waals surface area contributed by atoms with Crippen LogP contribution in [-0.4, -0.2) is 19.3 Å². The Hall–Kier alpha value is -0.280. The van der Waals surface area contributed by atoms with Crippen molar-refractivity contribution in [2.45, 2.75) is 19.8 Å². The molecule has 0 radical (unpaired) electrons. The van der Waals surface area contributed by atoms with E-state index in [4.69, 9.17) is 0 Å². The topological polar surface area (TPSA) is 0 Å². The third kappa shape index (κ3) is 1.61. The van der Waals surface area contributed by atoms with Gasteiger partial charge in [0.25, 0.3) is 5.92 Å². The van der Waals surface area contributed by atoms with Crippen LogP contribution in [0.4, 0.5) is 17.6 Å². The second-order valence-electron chi connectivity index (χ2n) is 2.72. The summed E-state index contributed by atoms with van der Waals surface area (Å²) in [6.45, 7) is -1.28. The summed E-state index contributed by atoms with van der Waals surface area (Å²) in [6.07, 6.45) is 0. The maximum atomic E-state index is 12.3. The summed E-state index contributed by atoms with van der Waals surface area (Å²) >= 11 is 0. The molecule has 0 aliphatic rings. The van der Waals surface area contributed by atoms with Gasteiger partial charge in [-0.05, 0) is 6.92 Å². The smallest absolute Gasteiger partial charge is 0.250 e. The lowest BCUT2D eigenvalue weighted by atomic mass is 9.87. The first kappa shape index (κ1) is 9.72. The van der Waals surface area contributed by atoms with E-state index in [0.717, 1.165) is 6.92 Å². The van der Waals surface area contributed by atoms with Crippen molar-refractivity contribution in [3.63, 3.8) is 0 Å². The van der Waals surface area contributed by atoms with Gasteiger partial charge in [-0.2, -0.15) is 0 Å². The quantitative estimate of drug-likeness (QED) is 0.554. The molecule has 0 N–H and O–H groups in total. The zero-order chi connectivity index (χ0) is 8.41. The molecule has 0 fully saturated rings. The van der Waals surface area contributed by atoms with E-state index < -0.39 is 24.7 Å². The fraction of sp³-hybridized carbons (Fsp3) is 1.00. The van der Waals surface area contributed by atoms with Crippen LogP contribution in [0.2, 0.25) is 0 Å². The Labute approximate surface area is 57.2 Å². The van der Waals surface area contributed by atoms with Crippen molar-refractivity contribution < 1.29 is 17.6 Å². The molecule has 0 aromatic heterocycles. The van der Waals surface area contributed by atoms with Gasteiger partial charge in [-0.15, -0.1) is 0 Å². The summed E-state index contributed by atoms with van der Waals surface area (Å²) in [4.78, 5) is 0. The SMILES string of the molecule is CC(F)(F)C(C)(CF)CF. The first-order chi connectivity index (χ1) is 4.37. The summed E-state index contributed by atoms with van der Waals surface area (Å²) < 4.78 is 48.2. The van der Waals surface area contributed by atoms with Gasteiger partial charge < -0.3 is 0 Å². The van der Waals surface area contributed by atoms with Crippen LogP contribution in [0.1, 0.15) is 13.8 Å². The van der Waals surface area contributed by atoms with Gasteiger partial charge in [0, 0.05) is 6.92 Å². The van der Waals surface area contributed by atoms with Crippen molar-refractivity contribution in [1.82, 2.24) is 0 Å². The van der Waals surface area contributed by atoms with E-state index in [2.05, 4.69) is 0 Å². The molecule has 0 bridgehead atoms. The van der Waals surface area contributed by atoms with E-state index in [1.807, 2.05) is 0 Å². The Bertz CT molecular complexity index is 101. The molecule has 0 rings (SSSR count). The highest BCUT2D eigenvalue weighted by Crippen LogP contribution is 2.36. The summed E-state index contributed by atoms with van der Waals surface area (Å²) in [5, 5.41) is 0. The molecule has 62 valence electrons. The van der Waals surface area contributed by atoms with E-state index >= 15 is 0 Å². The van der Waals surface area contributed by atoms with Crippen molar-refractivity contribution in [2.75, 3.05) is 13.3 Å². The lowest BCUT2D eigenvalue weighted by Gasteiger charge is -2.29. The third-order valence-electron chi connectivity index (χ3n) is 1.65. The number of hydrogen-bond donors (Lipinski definition) is 0. The molecule has 0 nitrogen and oxygen atoms in total. The largest absolute Gasteiger partial charge is 0.255 e. The molecule has 0 amide bonds. The molecule has 10 heavy (non-hydrogen) atoms. The first-order valence-corrected chi connectivity index (χ1v) is 2.87. The standard InChI is InChI=1S/C6H10F4/c1-5(3-7,4-8)6(2,9)10/h3-4H2,1-2H3. The van der Waals surface area contributed by atoms with E-state index in [1.54, 1.807) is 0 Å². The van der Waals surface area contributed by atoms with Crippen LogP contribution in [0.3, 0.4) is 0 Å². The lowest BCUT2D eigenvalue weighted by Crippen LogP contribution is -2.40. The number of alkyl halides is 4. The van der Waals surface area contributed by atoms with Gasteiger partial charge in [0.15, 0.2) is 0 Å². The predicted octanol–water partition coefficient (Wildman–Crippen LogP) is 2.59. The van der Waals surface area contributed by atoms with E-state index in [0.29, 0.717) is 6.92 Å². The van der Waals surface area contributed by atoms with Gasteiger partial charge in [-0.1, -0.05) is 0 Å². The van der Waals surface area contributed by atoms with E-state index in [1.165, 1.54) is 0 Å². The van der Waals surface area contributed by atoms with Gasteiger partial charge in [-0.3, -0.25) is 8.78 Å². The lowest BCUT2D eigenvalue weighted by molar-refractivity contribution is -0.116. The molecule has 0 aromatic rings. The fourth-order valence-electron chi connectivity index (χ4n) is 0.270. The molecule has 0 unspecified atom stereocenters. The molecule has 0 aliphatic carbocycles. The van der Waals surface area contributed by atoms with Gasteiger partial charge in [0.1, 0.15) is 13.3 Å². The normalized spacial score (nSPS) is 13.8. The second-order valence-corrected chi connectivity index (χ2v) is 2.72. The van der Waals surface area contributed by atoms with Crippen LogP contribution in [0, 0.1) is 5.41 Å². The van der Waals surface area contributed by atoms with Crippen LogP contribution in [-0.2, 0) is 0 Å². The summed E-state index contributed by atoms with van der Waals surface area (Å²) in [5.41, 5.74) is -2.15. The molecular weight excluding hydrogens is 148 g/mol. The third-order valence-corrected chi connectivity index (χ3v) is 1.65. The highest BCUT2D eigenvalue weighted by atomic mass is 19.3. The van der Waals surface area contributed by atoms with Crippen molar-refractivity contribution in [3.05, 3.63) is 0 Å². The predicted molar refractivity (Wildman–Crippen MR) is 30.7 cm³/mol. The average Bonchev–Trinajstić information content (AvgIpc) is 1.84. The molecule has 0 aromatic carbocycles. The van der Waals surface area contributed by atoms with Crippen LogP contribution in [0.15, 0.2) is 0 Å². The van der Waals surface area contributed by atoms with Crippen molar-refractivity contribution in [1.29, 1.82) is 0 Å². The van der Waals surface area contributed by atoms with Crippen molar-refractivity contribution in [2.24, 2.45) is 5.41 Å². The monoisotopic (exact) mass is 158 g/mol. The first-order valence-electron chi connectivity index (χ1n) is 2.87. The highest BCUT2D eigenvalue weighted by molar-refractivity contribution is 4.84. The number of hydrogen-bond acceptors (Lipinski definition) is 0. The Balaban J connectivity index is 4.33. The van der Waals surface area contributed by atoms with Crippen LogP contribution >= 0.6 is 0 Å². The van der Waals surface area contributed by atoms with E-state index in [9.17, 15) is 17.6 Å². The molecule has 0 spiro atoms. The summed E-state index contributed by atoms with van der Waals surface area (Å²) in [5.74, 6) is -3.30. The Morgan fingerprint density at radius 2 is 1.30 bits per heavy atom. The highest BCUT2D eigenvalue weighted by Gasteiger charge is 2.46. The molecule has 0 saturated heterocycles. The number of halogens is 4. The van der Waals surface area contributed by atoms with Gasteiger partial charge in [0.05, 0.1) is 5.41 Å². The molecule has 0 heterocycles.